The molecule has 0 atom stereocenters. The lowest BCUT2D eigenvalue weighted by atomic mass is 9.95. The fourth-order valence-electron chi connectivity index (χ4n) is 2.56. The van der Waals surface area contributed by atoms with Crippen molar-refractivity contribution in [1.29, 1.82) is 0 Å². The molecule has 10 heteroatoms. The second-order valence-electron chi connectivity index (χ2n) is 5.22. The zero-order chi connectivity index (χ0) is 16.2. The summed E-state index contributed by atoms with van der Waals surface area (Å²) in [5.41, 5.74) is 1.24. The first-order valence-electron chi connectivity index (χ1n) is 7.17. The smallest absolute Gasteiger partial charge is 0.358 e. The highest BCUT2D eigenvalue weighted by atomic mass is 35.5. The molecule has 2 rings (SSSR count). The van der Waals surface area contributed by atoms with Crippen molar-refractivity contribution in [2.75, 3.05) is 33.8 Å². The van der Waals surface area contributed by atoms with Crippen LogP contribution in [0.2, 0.25) is 0 Å². The molecular weight excluding hydrogens is 362 g/mol. The van der Waals surface area contributed by atoms with E-state index in [0.29, 0.717) is 19.0 Å². The number of nitrogens with zero attached hydrogens (tertiary/aromatic N) is 2. The van der Waals surface area contributed by atoms with Gasteiger partial charge in [-0.2, -0.15) is 4.31 Å². The van der Waals surface area contributed by atoms with E-state index in [1.807, 2.05) is 7.05 Å². The molecule has 0 saturated carbocycles. The van der Waals surface area contributed by atoms with Crippen molar-refractivity contribution >= 4 is 39.7 Å². The standard InChI is InChI=1S/C13H21N3O4S2.ClH/c1-14-6-3-10-4-7-16(8-5-10)22(18,19)13-11(12(17)20-2)15-9-21-13;/h9-10,14H,3-8H2,1-2H3;1H. The Bertz CT molecular complexity index is 612. The summed E-state index contributed by atoms with van der Waals surface area (Å²) in [6, 6.07) is 0. The number of esters is 1. The first-order valence-corrected chi connectivity index (χ1v) is 9.49. The van der Waals surface area contributed by atoms with Gasteiger partial charge in [0.1, 0.15) is 0 Å². The number of carbonyl (C=O) groups is 1. The molecule has 1 saturated heterocycles. The minimum atomic E-state index is -3.68. The molecular formula is C13H22ClN3O4S2. The highest BCUT2D eigenvalue weighted by molar-refractivity contribution is 7.91. The van der Waals surface area contributed by atoms with E-state index in [1.54, 1.807) is 0 Å². The Morgan fingerprint density at radius 2 is 2.13 bits per heavy atom. The van der Waals surface area contributed by atoms with Gasteiger partial charge in [-0.15, -0.1) is 23.7 Å². The number of rotatable bonds is 6. The van der Waals surface area contributed by atoms with Gasteiger partial charge in [0.25, 0.3) is 10.0 Å². The molecule has 23 heavy (non-hydrogen) atoms. The Morgan fingerprint density at radius 1 is 1.48 bits per heavy atom. The number of hydrogen-bond acceptors (Lipinski definition) is 7. The number of sulfonamides is 1. The Labute approximate surface area is 146 Å². The first-order chi connectivity index (χ1) is 10.5. The number of aromatic nitrogens is 1. The van der Waals surface area contributed by atoms with Gasteiger partial charge in [-0.3, -0.25) is 0 Å². The summed E-state index contributed by atoms with van der Waals surface area (Å²) < 4.78 is 31.4. The van der Waals surface area contributed by atoms with Crippen molar-refractivity contribution in [2.24, 2.45) is 5.92 Å². The van der Waals surface area contributed by atoms with Gasteiger partial charge in [0, 0.05) is 13.1 Å². The van der Waals surface area contributed by atoms with Crippen LogP contribution < -0.4 is 5.32 Å². The fourth-order valence-corrected chi connectivity index (χ4v) is 5.29. The molecule has 0 bridgehead atoms. The van der Waals surface area contributed by atoms with Crippen LogP contribution in [0.5, 0.6) is 0 Å². The van der Waals surface area contributed by atoms with Crippen molar-refractivity contribution < 1.29 is 17.9 Å². The Hall–Kier alpha value is -0.740. The van der Waals surface area contributed by atoms with Crippen LogP contribution in [0.1, 0.15) is 29.8 Å². The van der Waals surface area contributed by atoms with Gasteiger partial charge in [0.05, 0.1) is 12.6 Å². The molecule has 1 aromatic heterocycles. The summed E-state index contributed by atoms with van der Waals surface area (Å²) in [7, 11) is -0.547. The number of piperidine rings is 1. The third-order valence-electron chi connectivity index (χ3n) is 3.86. The summed E-state index contributed by atoms with van der Waals surface area (Å²) in [6.45, 7) is 1.91. The Kier molecular flexibility index (Phi) is 7.88. The second kappa shape index (κ2) is 8.93. The van der Waals surface area contributed by atoms with Gasteiger partial charge in [-0.05, 0) is 38.8 Å². The normalized spacial score (nSPS) is 16.8. The zero-order valence-corrected chi connectivity index (χ0v) is 15.6. The molecule has 0 amide bonds. The molecule has 132 valence electrons. The van der Waals surface area contributed by atoms with E-state index in [2.05, 4.69) is 15.0 Å². The van der Waals surface area contributed by atoms with Gasteiger partial charge in [-0.25, -0.2) is 18.2 Å². The van der Waals surface area contributed by atoms with E-state index in [9.17, 15) is 13.2 Å². The molecule has 1 aromatic rings. The van der Waals surface area contributed by atoms with Crippen LogP contribution in [0.3, 0.4) is 0 Å². The molecule has 2 heterocycles. The second-order valence-corrected chi connectivity index (χ2v) is 8.21. The van der Waals surface area contributed by atoms with E-state index >= 15 is 0 Å². The van der Waals surface area contributed by atoms with E-state index in [0.717, 1.165) is 37.1 Å². The number of ether oxygens (including phenoxy) is 1. The quantitative estimate of drug-likeness (QED) is 0.746. The van der Waals surface area contributed by atoms with E-state index in [-0.39, 0.29) is 22.3 Å². The Morgan fingerprint density at radius 3 is 2.70 bits per heavy atom. The molecule has 1 aliphatic heterocycles. The van der Waals surface area contributed by atoms with Crippen LogP contribution in [0, 0.1) is 5.92 Å². The topological polar surface area (TPSA) is 88.6 Å². The van der Waals surface area contributed by atoms with E-state index in [1.165, 1.54) is 16.9 Å². The van der Waals surface area contributed by atoms with Crippen LogP contribution in [0.15, 0.2) is 9.72 Å². The van der Waals surface area contributed by atoms with E-state index in [4.69, 9.17) is 0 Å². The maximum Gasteiger partial charge on any atom is 0.358 e. The predicted molar refractivity (Wildman–Crippen MR) is 90.7 cm³/mol. The average Bonchev–Trinajstić information content (AvgIpc) is 3.03. The van der Waals surface area contributed by atoms with Gasteiger partial charge in [-0.1, -0.05) is 0 Å². The van der Waals surface area contributed by atoms with Crippen molar-refractivity contribution in [3.05, 3.63) is 11.2 Å². The molecule has 0 aromatic carbocycles. The van der Waals surface area contributed by atoms with Gasteiger partial charge in [0.15, 0.2) is 9.90 Å². The third kappa shape index (κ3) is 4.63. The highest BCUT2D eigenvalue weighted by Gasteiger charge is 2.34. The average molecular weight is 384 g/mol. The first kappa shape index (κ1) is 20.3. The number of carbonyl (C=O) groups excluding carboxylic acids is 1. The summed E-state index contributed by atoms with van der Waals surface area (Å²) in [4.78, 5) is 15.5. The molecule has 1 fully saturated rings. The maximum absolute atomic E-state index is 12.7. The maximum atomic E-state index is 12.7. The lowest BCUT2D eigenvalue weighted by molar-refractivity contribution is 0.0590. The van der Waals surface area contributed by atoms with Crippen LogP contribution in [0.4, 0.5) is 0 Å². The number of halogens is 1. The van der Waals surface area contributed by atoms with Gasteiger partial charge >= 0.3 is 5.97 Å². The Balaban J connectivity index is 0.00000264. The minimum Gasteiger partial charge on any atom is -0.464 e. The fraction of sp³-hybridized carbons (Fsp3) is 0.692. The molecule has 1 aliphatic rings. The van der Waals surface area contributed by atoms with E-state index < -0.39 is 16.0 Å². The third-order valence-corrected chi connectivity index (χ3v) is 7.11. The molecule has 7 nitrogen and oxygen atoms in total. The summed E-state index contributed by atoms with van der Waals surface area (Å²) in [5, 5.41) is 3.12. The SMILES string of the molecule is CNCCC1CCN(S(=O)(=O)c2scnc2C(=O)OC)CC1.Cl. The lowest BCUT2D eigenvalue weighted by Gasteiger charge is -2.30. The number of nitrogens with one attached hydrogen (secondary N) is 1. The van der Waals surface area contributed by atoms with Gasteiger partial charge in [0.2, 0.25) is 0 Å². The van der Waals surface area contributed by atoms with Crippen molar-refractivity contribution in [2.45, 2.75) is 23.5 Å². The van der Waals surface area contributed by atoms with Crippen LogP contribution >= 0.6 is 23.7 Å². The highest BCUT2D eigenvalue weighted by Crippen LogP contribution is 2.29. The lowest BCUT2D eigenvalue weighted by Crippen LogP contribution is -2.39. The molecule has 0 spiro atoms. The van der Waals surface area contributed by atoms with Crippen molar-refractivity contribution in [3.8, 4) is 0 Å². The van der Waals surface area contributed by atoms with Gasteiger partial charge < -0.3 is 10.1 Å². The van der Waals surface area contributed by atoms with Crippen LogP contribution in [-0.2, 0) is 14.8 Å². The number of methoxy groups -OCH3 is 1. The minimum absolute atomic E-state index is 0. The molecule has 1 N–H and O–H groups in total. The zero-order valence-electron chi connectivity index (χ0n) is 13.1. The number of hydrogen-bond donors (Lipinski definition) is 1. The predicted octanol–water partition coefficient (Wildman–Crippen LogP) is 1.36. The summed E-state index contributed by atoms with van der Waals surface area (Å²) in [5.74, 6) is -0.177. The van der Waals surface area contributed by atoms with Crippen LogP contribution in [-0.4, -0.2) is 57.5 Å². The largest absolute Gasteiger partial charge is 0.464 e. The van der Waals surface area contributed by atoms with Crippen molar-refractivity contribution in [1.82, 2.24) is 14.6 Å². The summed E-state index contributed by atoms with van der Waals surface area (Å²) in [6.07, 6.45) is 2.74. The monoisotopic (exact) mass is 383 g/mol. The number of thiazole rings is 1. The van der Waals surface area contributed by atoms with Crippen LogP contribution in [0.25, 0.3) is 0 Å². The summed E-state index contributed by atoms with van der Waals surface area (Å²) >= 11 is 0.957. The molecule has 0 radical (unpaired) electrons. The van der Waals surface area contributed by atoms with Crippen molar-refractivity contribution in [3.63, 3.8) is 0 Å². The molecule has 0 aliphatic carbocycles. The molecule has 0 unspecified atom stereocenters.